The molecular weight excluding hydrogens is 271 g/mol. The quantitative estimate of drug-likeness (QED) is 0.874. The van der Waals surface area contributed by atoms with Gasteiger partial charge in [0, 0.05) is 11.1 Å². The van der Waals surface area contributed by atoms with Crippen molar-refractivity contribution in [2.75, 3.05) is 6.61 Å². The number of hydrogen-bond donors (Lipinski definition) is 1. The maximum Gasteiger partial charge on any atom is 0.127 e. The van der Waals surface area contributed by atoms with Crippen LogP contribution in [-0.4, -0.2) is 11.7 Å². The largest absolute Gasteiger partial charge is 0.396 e. The van der Waals surface area contributed by atoms with Gasteiger partial charge in [-0.25, -0.2) is 4.39 Å². The van der Waals surface area contributed by atoms with Gasteiger partial charge in [0.2, 0.25) is 0 Å². The van der Waals surface area contributed by atoms with Gasteiger partial charge < -0.3 is 5.11 Å². The molecule has 16 heavy (non-hydrogen) atoms. The molecule has 0 heterocycles. The number of aliphatic hydroxyl groups excluding tert-OH is 1. The number of halogens is 2. The van der Waals surface area contributed by atoms with Gasteiger partial charge >= 0.3 is 0 Å². The Labute approximate surface area is 105 Å². The molecule has 0 aliphatic carbocycles. The molecule has 90 valence electrons. The molecule has 1 rings (SSSR count). The van der Waals surface area contributed by atoms with Gasteiger partial charge in [-0.1, -0.05) is 35.8 Å². The molecule has 3 heteroatoms. The Hall–Kier alpha value is -0.410. The molecule has 0 saturated heterocycles. The van der Waals surface area contributed by atoms with Gasteiger partial charge in [-0.2, -0.15) is 0 Å². The SMILES string of the molecule is CC(C)CC(CO)Cc1ccc(Br)cc1F. The first-order chi connectivity index (χ1) is 7.52. The van der Waals surface area contributed by atoms with Gasteiger partial charge in [0.15, 0.2) is 0 Å². The van der Waals surface area contributed by atoms with E-state index in [4.69, 9.17) is 0 Å². The smallest absolute Gasteiger partial charge is 0.127 e. The molecule has 1 aromatic rings. The maximum atomic E-state index is 13.6. The fraction of sp³-hybridized carbons (Fsp3) is 0.538. The lowest BCUT2D eigenvalue weighted by Crippen LogP contribution is -2.13. The summed E-state index contributed by atoms with van der Waals surface area (Å²) in [6.45, 7) is 4.34. The molecular formula is C13H18BrFO. The molecule has 1 atom stereocenters. The highest BCUT2D eigenvalue weighted by Gasteiger charge is 2.13. The van der Waals surface area contributed by atoms with Crippen molar-refractivity contribution in [2.45, 2.75) is 26.7 Å². The monoisotopic (exact) mass is 288 g/mol. The van der Waals surface area contributed by atoms with Crippen LogP contribution in [0.4, 0.5) is 4.39 Å². The fourth-order valence-corrected chi connectivity index (χ4v) is 2.22. The molecule has 0 radical (unpaired) electrons. The van der Waals surface area contributed by atoms with E-state index in [1.165, 1.54) is 6.07 Å². The third kappa shape index (κ3) is 4.22. The first-order valence-electron chi connectivity index (χ1n) is 5.57. The lowest BCUT2D eigenvalue weighted by Gasteiger charge is -2.16. The van der Waals surface area contributed by atoms with Crippen molar-refractivity contribution in [1.82, 2.24) is 0 Å². The summed E-state index contributed by atoms with van der Waals surface area (Å²) in [7, 11) is 0. The van der Waals surface area contributed by atoms with E-state index in [1.54, 1.807) is 6.07 Å². The Balaban J connectivity index is 2.70. The van der Waals surface area contributed by atoms with E-state index >= 15 is 0 Å². The van der Waals surface area contributed by atoms with Crippen molar-refractivity contribution in [2.24, 2.45) is 11.8 Å². The summed E-state index contributed by atoms with van der Waals surface area (Å²) in [5.74, 6) is 0.475. The van der Waals surface area contributed by atoms with Gasteiger partial charge in [0.1, 0.15) is 5.82 Å². The summed E-state index contributed by atoms with van der Waals surface area (Å²) in [5, 5.41) is 9.25. The summed E-state index contributed by atoms with van der Waals surface area (Å²) in [5.41, 5.74) is 0.683. The molecule has 0 bridgehead atoms. The van der Waals surface area contributed by atoms with Gasteiger partial charge in [-0.05, 0) is 42.4 Å². The highest BCUT2D eigenvalue weighted by Crippen LogP contribution is 2.21. The fourth-order valence-electron chi connectivity index (χ4n) is 1.89. The van der Waals surface area contributed by atoms with E-state index in [0.29, 0.717) is 17.9 Å². The van der Waals surface area contributed by atoms with Crippen LogP contribution in [-0.2, 0) is 6.42 Å². The molecule has 1 unspecified atom stereocenters. The van der Waals surface area contributed by atoms with Crippen LogP contribution >= 0.6 is 15.9 Å². The Kier molecular flexibility index (Phi) is 5.42. The zero-order chi connectivity index (χ0) is 12.1. The van der Waals surface area contributed by atoms with Crippen LogP contribution < -0.4 is 0 Å². The topological polar surface area (TPSA) is 20.2 Å². The second kappa shape index (κ2) is 6.36. The second-order valence-corrected chi connectivity index (χ2v) is 5.53. The number of rotatable bonds is 5. The van der Waals surface area contributed by atoms with Gasteiger partial charge in [0.25, 0.3) is 0 Å². The first-order valence-corrected chi connectivity index (χ1v) is 6.37. The zero-order valence-electron chi connectivity index (χ0n) is 9.71. The molecule has 0 aliphatic rings. The molecule has 1 nitrogen and oxygen atoms in total. The average molecular weight is 289 g/mol. The van der Waals surface area contributed by atoms with Crippen LogP contribution in [0.1, 0.15) is 25.8 Å². The third-order valence-corrected chi connectivity index (χ3v) is 3.08. The molecule has 0 amide bonds. The lowest BCUT2D eigenvalue weighted by molar-refractivity contribution is 0.204. The standard InChI is InChI=1S/C13H18BrFO/c1-9(2)5-10(8-16)6-11-3-4-12(14)7-13(11)15/h3-4,7,9-10,16H,5-6,8H2,1-2H3. The van der Waals surface area contributed by atoms with Crippen molar-refractivity contribution in [3.63, 3.8) is 0 Å². The van der Waals surface area contributed by atoms with E-state index in [1.807, 2.05) is 6.07 Å². The maximum absolute atomic E-state index is 13.6. The van der Waals surface area contributed by atoms with E-state index in [9.17, 15) is 9.50 Å². The highest BCUT2D eigenvalue weighted by molar-refractivity contribution is 9.10. The minimum Gasteiger partial charge on any atom is -0.396 e. The molecule has 1 N–H and O–H groups in total. The molecule has 0 saturated carbocycles. The van der Waals surface area contributed by atoms with E-state index in [0.717, 1.165) is 10.9 Å². The average Bonchev–Trinajstić information content (AvgIpc) is 2.20. The van der Waals surface area contributed by atoms with E-state index in [2.05, 4.69) is 29.8 Å². The first kappa shape index (κ1) is 13.7. The summed E-state index contributed by atoms with van der Waals surface area (Å²) in [6.07, 6.45) is 1.53. The van der Waals surface area contributed by atoms with Crippen molar-refractivity contribution in [3.8, 4) is 0 Å². The predicted octanol–water partition coefficient (Wildman–Crippen LogP) is 3.79. The Bertz CT molecular complexity index is 339. The van der Waals surface area contributed by atoms with Crippen molar-refractivity contribution in [3.05, 3.63) is 34.1 Å². The minimum atomic E-state index is -0.198. The molecule has 1 aromatic carbocycles. The van der Waals surface area contributed by atoms with Crippen molar-refractivity contribution >= 4 is 15.9 Å². The summed E-state index contributed by atoms with van der Waals surface area (Å²) < 4.78 is 14.3. The lowest BCUT2D eigenvalue weighted by atomic mass is 9.91. The normalized spacial score (nSPS) is 13.1. The van der Waals surface area contributed by atoms with Crippen LogP contribution in [0.25, 0.3) is 0 Å². The van der Waals surface area contributed by atoms with Crippen LogP contribution in [0.5, 0.6) is 0 Å². The molecule has 0 aliphatic heterocycles. The Morgan fingerprint density at radius 3 is 2.56 bits per heavy atom. The van der Waals surface area contributed by atoms with Crippen molar-refractivity contribution in [1.29, 1.82) is 0 Å². The number of benzene rings is 1. The van der Waals surface area contributed by atoms with Crippen LogP contribution in [0.3, 0.4) is 0 Å². The Morgan fingerprint density at radius 2 is 2.06 bits per heavy atom. The summed E-state index contributed by atoms with van der Waals surface area (Å²) in [6, 6.07) is 5.09. The zero-order valence-corrected chi connectivity index (χ0v) is 11.3. The Morgan fingerprint density at radius 1 is 1.38 bits per heavy atom. The molecule has 0 spiro atoms. The highest BCUT2D eigenvalue weighted by atomic mass is 79.9. The summed E-state index contributed by atoms with van der Waals surface area (Å²) in [4.78, 5) is 0. The van der Waals surface area contributed by atoms with Crippen LogP contribution in [0.15, 0.2) is 22.7 Å². The van der Waals surface area contributed by atoms with Crippen LogP contribution in [0.2, 0.25) is 0 Å². The number of aliphatic hydroxyl groups is 1. The molecule has 0 fully saturated rings. The van der Waals surface area contributed by atoms with Gasteiger partial charge in [-0.3, -0.25) is 0 Å². The van der Waals surface area contributed by atoms with E-state index < -0.39 is 0 Å². The second-order valence-electron chi connectivity index (χ2n) is 4.62. The summed E-state index contributed by atoms with van der Waals surface area (Å²) >= 11 is 3.23. The third-order valence-electron chi connectivity index (χ3n) is 2.59. The van der Waals surface area contributed by atoms with Gasteiger partial charge in [-0.15, -0.1) is 0 Å². The van der Waals surface area contributed by atoms with Crippen LogP contribution in [0, 0.1) is 17.7 Å². The van der Waals surface area contributed by atoms with Crippen molar-refractivity contribution < 1.29 is 9.50 Å². The predicted molar refractivity (Wildman–Crippen MR) is 67.8 cm³/mol. The number of hydrogen-bond acceptors (Lipinski definition) is 1. The van der Waals surface area contributed by atoms with Gasteiger partial charge in [0.05, 0.1) is 0 Å². The minimum absolute atomic E-state index is 0.119. The van der Waals surface area contributed by atoms with E-state index in [-0.39, 0.29) is 18.3 Å². The molecule has 0 aromatic heterocycles.